The Bertz CT molecular complexity index is 468. The maximum absolute atomic E-state index is 12.9. The molecule has 126 valence electrons. The van der Waals surface area contributed by atoms with Crippen molar-refractivity contribution < 1.29 is 9.59 Å². The van der Waals surface area contributed by atoms with Crippen molar-refractivity contribution in [2.24, 2.45) is 5.41 Å². The SMILES string of the molecule is CCCCC1(NC(C)(C)CC(C)(C)C)C(=O)C(C)=C(C)C1=O. The van der Waals surface area contributed by atoms with Crippen LogP contribution in [0.3, 0.4) is 0 Å². The second-order valence-corrected chi connectivity index (χ2v) is 8.66. The summed E-state index contributed by atoms with van der Waals surface area (Å²) >= 11 is 0. The highest BCUT2D eigenvalue weighted by molar-refractivity contribution is 6.30. The third kappa shape index (κ3) is 3.87. The first-order valence-corrected chi connectivity index (χ1v) is 8.43. The summed E-state index contributed by atoms with van der Waals surface area (Å²) in [7, 11) is 0. The third-order valence-electron chi connectivity index (χ3n) is 4.45. The van der Waals surface area contributed by atoms with Gasteiger partial charge in [-0.15, -0.1) is 0 Å². The van der Waals surface area contributed by atoms with Crippen molar-refractivity contribution in [1.29, 1.82) is 0 Å². The quantitative estimate of drug-likeness (QED) is 0.748. The molecule has 0 heterocycles. The summed E-state index contributed by atoms with van der Waals surface area (Å²) in [5.74, 6) is -0.0455. The summed E-state index contributed by atoms with van der Waals surface area (Å²) in [4.78, 5) is 25.7. The lowest BCUT2D eigenvalue weighted by Gasteiger charge is -2.41. The molecule has 0 aliphatic heterocycles. The van der Waals surface area contributed by atoms with Gasteiger partial charge in [0.05, 0.1) is 0 Å². The number of carbonyl (C=O) groups is 2. The topological polar surface area (TPSA) is 46.2 Å². The third-order valence-corrected chi connectivity index (χ3v) is 4.45. The van der Waals surface area contributed by atoms with E-state index in [1.54, 1.807) is 13.8 Å². The van der Waals surface area contributed by atoms with Crippen LogP contribution in [-0.4, -0.2) is 22.6 Å². The summed E-state index contributed by atoms with van der Waals surface area (Å²) in [5.41, 5.74) is 0.0616. The van der Waals surface area contributed by atoms with E-state index in [-0.39, 0.29) is 22.5 Å². The highest BCUT2D eigenvalue weighted by atomic mass is 16.2. The molecule has 0 fully saturated rings. The van der Waals surface area contributed by atoms with Gasteiger partial charge < -0.3 is 0 Å². The Labute approximate surface area is 135 Å². The van der Waals surface area contributed by atoms with Crippen LogP contribution >= 0.6 is 0 Å². The number of hydrogen-bond acceptors (Lipinski definition) is 3. The molecule has 0 atom stereocenters. The zero-order chi connectivity index (χ0) is 17.3. The van der Waals surface area contributed by atoms with E-state index in [9.17, 15) is 9.59 Å². The Morgan fingerprint density at radius 1 is 0.955 bits per heavy atom. The minimum atomic E-state index is -1.04. The van der Waals surface area contributed by atoms with Crippen LogP contribution in [0.25, 0.3) is 0 Å². The molecule has 1 N–H and O–H groups in total. The van der Waals surface area contributed by atoms with E-state index in [2.05, 4.69) is 46.9 Å². The smallest absolute Gasteiger partial charge is 0.186 e. The molecule has 0 spiro atoms. The zero-order valence-electron chi connectivity index (χ0n) is 15.6. The number of Topliss-reactive ketones (excluding diaryl/α,β-unsaturated/α-hetero) is 2. The van der Waals surface area contributed by atoms with E-state index in [0.717, 1.165) is 19.3 Å². The Hall–Kier alpha value is -0.960. The van der Waals surface area contributed by atoms with Crippen LogP contribution in [0.1, 0.15) is 81.1 Å². The van der Waals surface area contributed by atoms with Gasteiger partial charge in [-0.05, 0) is 46.0 Å². The van der Waals surface area contributed by atoms with Gasteiger partial charge in [0.25, 0.3) is 0 Å². The fourth-order valence-electron chi connectivity index (χ4n) is 3.88. The number of carbonyl (C=O) groups excluding carboxylic acids is 2. The van der Waals surface area contributed by atoms with Crippen LogP contribution in [-0.2, 0) is 9.59 Å². The minimum Gasteiger partial charge on any atom is -0.293 e. The summed E-state index contributed by atoms with van der Waals surface area (Å²) < 4.78 is 0. The molecule has 3 heteroatoms. The molecule has 0 bridgehead atoms. The van der Waals surface area contributed by atoms with Gasteiger partial charge >= 0.3 is 0 Å². The van der Waals surface area contributed by atoms with Gasteiger partial charge in [-0.25, -0.2) is 0 Å². The molecule has 1 aliphatic carbocycles. The highest BCUT2D eigenvalue weighted by Crippen LogP contribution is 2.36. The predicted molar refractivity (Wildman–Crippen MR) is 91.9 cm³/mol. The van der Waals surface area contributed by atoms with E-state index in [0.29, 0.717) is 17.6 Å². The fourth-order valence-corrected chi connectivity index (χ4v) is 3.88. The van der Waals surface area contributed by atoms with E-state index >= 15 is 0 Å². The van der Waals surface area contributed by atoms with Crippen molar-refractivity contribution >= 4 is 11.6 Å². The van der Waals surface area contributed by atoms with Gasteiger partial charge in [0.1, 0.15) is 5.54 Å². The molecule has 0 amide bonds. The maximum Gasteiger partial charge on any atom is 0.186 e. The second kappa shape index (κ2) is 6.27. The number of unbranched alkanes of at least 4 members (excludes halogenated alkanes) is 1. The first-order valence-electron chi connectivity index (χ1n) is 8.43. The molecule has 0 unspecified atom stereocenters. The number of rotatable bonds is 6. The fraction of sp³-hybridized carbons (Fsp3) is 0.789. The van der Waals surface area contributed by atoms with Crippen LogP contribution in [0.5, 0.6) is 0 Å². The lowest BCUT2D eigenvalue weighted by Crippen LogP contribution is -2.63. The van der Waals surface area contributed by atoms with Crippen molar-refractivity contribution in [1.82, 2.24) is 5.32 Å². The zero-order valence-corrected chi connectivity index (χ0v) is 15.6. The van der Waals surface area contributed by atoms with Gasteiger partial charge in [0.15, 0.2) is 11.6 Å². The normalized spacial score (nSPS) is 19.3. The van der Waals surface area contributed by atoms with Gasteiger partial charge in [-0.2, -0.15) is 0 Å². The van der Waals surface area contributed by atoms with E-state index in [1.807, 2.05) is 0 Å². The Morgan fingerprint density at radius 2 is 1.41 bits per heavy atom. The Morgan fingerprint density at radius 3 is 1.77 bits per heavy atom. The maximum atomic E-state index is 12.9. The number of hydrogen-bond donors (Lipinski definition) is 1. The van der Waals surface area contributed by atoms with Crippen molar-refractivity contribution in [3.05, 3.63) is 11.1 Å². The van der Waals surface area contributed by atoms with Crippen LogP contribution in [0.2, 0.25) is 0 Å². The second-order valence-electron chi connectivity index (χ2n) is 8.66. The van der Waals surface area contributed by atoms with Crippen molar-refractivity contribution in [3.8, 4) is 0 Å². The van der Waals surface area contributed by atoms with Gasteiger partial charge in [0.2, 0.25) is 0 Å². The molecule has 22 heavy (non-hydrogen) atoms. The van der Waals surface area contributed by atoms with Gasteiger partial charge in [-0.1, -0.05) is 40.5 Å². The summed E-state index contributed by atoms with van der Waals surface area (Å²) in [5, 5.41) is 3.48. The standard InChI is InChI=1S/C19H33NO2/c1-9-10-11-19(15(21)13(2)14(3)16(19)22)20-18(7,8)12-17(4,5)6/h20H,9-12H2,1-8H3. The summed E-state index contributed by atoms with van der Waals surface area (Å²) in [6, 6.07) is 0. The summed E-state index contributed by atoms with van der Waals surface area (Å²) in [6.45, 7) is 16.4. The van der Waals surface area contributed by atoms with Crippen molar-refractivity contribution in [2.45, 2.75) is 92.2 Å². The minimum absolute atomic E-state index is 0.0227. The highest BCUT2D eigenvalue weighted by Gasteiger charge is 2.53. The lowest BCUT2D eigenvalue weighted by atomic mass is 9.77. The first-order chi connectivity index (χ1) is 9.86. The number of ketones is 2. The molecule has 0 aromatic heterocycles. The number of nitrogens with one attached hydrogen (secondary N) is 1. The van der Waals surface area contributed by atoms with Crippen molar-refractivity contribution in [2.75, 3.05) is 0 Å². The molecule has 0 saturated heterocycles. The molecule has 3 nitrogen and oxygen atoms in total. The van der Waals surface area contributed by atoms with E-state index in [4.69, 9.17) is 0 Å². The largest absolute Gasteiger partial charge is 0.293 e. The van der Waals surface area contributed by atoms with E-state index in [1.165, 1.54) is 0 Å². The van der Waals surface area contributed by atoms with Gasteiger partial charge in [-0.3, -0.25) is 14.9 Å². The van der Waals surface area contributed by atoms with Gasteiger partial charge in [0, 0.05) is 16.7 Å². The average molecular weight is 307 g/mol. The summed E-state index contributed by atoms with van der Waals surface area (Å²) in [6.07, 6.45) is 3.33. The van der Waals surface area contributed by atoms with E-state index < -0.39 is 5.54 Å². The molecule has 0 aromatic rings. The Kier molecular flexibility index (Phi) is 5.44. The molecule has 0 radical (unpaired) electrons. The molecule has 1 rings (SSSR count). The van der Waals surface area contributed by atoms with Crippen LogP contribution in [0, 0.1) is 5.41 Å². The Balaban J connectivity index is 3.16. The van der Waals surface area contributed by atoms with Crippen LogP contribution in [0.4, 0.5) is 0 Å². The molecule has 0 aromatic carbocycles. The molecular weight excluding hydrogens is 274 g/mol. The first kappa shape index (κ1) is 19.1. The predicted octanol–water partition coefficient (Wildman–Crippen LogP) is 4.21. The lowest BCUT2D eigenvalue weighted by molar-refractivity contribution is -0.131. The van der Waals surface area contributed by atoms with Crippen LogP contribution in [0.15, 0.2) is 11.1 Å². The molecular formula is C19H33NO2. The molecule has 1 aliphatic rings. The van der Waals surface area contributed by atoms with Crippen LogP contribution < -0.4 is 5.32 Å². The van der Waals surface area contributed by atoms with Crippen molar-refractivity contribution in [3.63, 3.8) is 0 Å². The molecule has 0 saturated carbocycles. The monoisotopic (exact) mass is 307 g/mol. The average Bonchev–Trinajstić information content (AvgIpc) is 2.49.